The fourth-order valence-corrected chi connectivity index (χ4v) is 3.80. The minimum atomic E-state index is -5.08. The van der Waals surface area contributed by atoms with Gasteiger partial charge in [-0.15, -0.1) is 0 Å². The number of carboxylic acids is 1. The van der Waals surface area contributed by atoms with Crippen molar-refractivity contribution in [2.45, 2.75) is 25.9 Å². The molecule has 3 N–H and O–H groups in total. The number of halogens is 3. The summed E-state index contributed by atoms with van der Waals surface area (Å²) in [5.41, 5.74) is 2.71. The van der Waals surface area contributed by atoms with E-state index in [9.17, 15) is 13.2 Å². The summed E-state index contributed by atoms with van der Waals surface area (Å²) in [5, 5.41) is 13.7. The number of carboxylic acid groups (broad SMARTS) is 1. The van der Waals surface area contributed by atoms with Gasteiger partial charge in [0, 0.05) is 35.7 Å². The Hall–Kier alpha value is -4.26. The number of anilines is 4. The molecule has 0 amide bonds. The molecule has 39 heavy (non-hydrogen) atoms. The summed E-state index contributed by atoms with van der Waals surface area (Å²) in [6.45, 7) is 6.29. The minimum absolute atomic E-state index is 0.252. The van der Waals surface area contributed by atoms with Crippen LogP contribution < -0.4 is 24.8 Å². The topological polar surface area (TPSA) is 118 Å². The fraction of sp³-hybridized carbons (Fsp3) is 0.346. The van der Waals surface area contributed by atoms with Crippen molar-refractivity contribution in [1.82, 2.24) is 14.9 Å². The number of likely N-dealkylation sites (tertiary alicyclic amines) is 1. The number of nitrogens with zero attached hydrogens (tertiary/aromatic N) is 3. The van der Waals surface area contributed by atoms with Gasteiger partial charge in [0.1, 0.15) is 18.2 Å². The maximum atomic E-state index is 10.6. The highest BCUT2D eigenvalue weighted by Crippen LogP contribution is 2.35. The van der Waals surface area contributed by atoms with Crippen LogP contribution in [-0.2, 0) is 4.79 Å². The first kappa shape index (κ1) is 27.8. The molecule has 5 rings (SSSR count). The number of hydrogen-bond acceptors (Lipinski definition) is 9. The second kappa shape index (κ2) is 12.5. The molecule has 208 valence electrons. The highest BCUT2D eigenvalue weighted by Gasteiger charge is 2.38. The first-order valence-electron chi connectivity index (χ1n) is 12.2. The van der Waals surface area contributed by atoms with Crippen molar-refractivity contribution < 1.29 is 37.3 Å². The van der Waals surface area contributed by atoms with E-state index in [1.54, 1.807) is 6.20 Å². The lowest BCUT2D eigenvalue weighted by molar-refractivity contribution is -0.192. The van der Waals surface area contributed by atoms with Crippen LogP contribution in [-0.4, -0.2) is 65.2 Å². The third kappa shape index (κ3) is 8.11. The highest BCUT2D eigenvalue weighted by molar-refractivity contribution is 5.73. The molecule has 1 aromatic heterocycles. The van der Waals surface area contributed by atoms with E-state index >= 15 is 0 Å². The first-order chi connectivity index (χ1) is 18.7. The summed E-state index contributed by atoms with van der Waals surface area (Å²) in [5.74, 6) is 0.825. The molecule has 1 saturated heterocycles. The van der Waals surface area contributed by atoms with E-state index in [4.69, 9.17) is 24.1 Å². The van der Waals surface area contributed by atoms with Gasteiger partial charge in [0.2, 0.25) is 12.7 Å². The Balaban J connectivity index is 0.000000448. The first-order valence-corrected chi connectivity index (χ1v) is 12.2. The van der Waals surface area contributed by atoms with Crippen molar-refractivity contribution in [1.29, 1.82) is 0 Å². The number of aryl methyl sites for hydroxylation is 1. The van der Waals surface area contributed by atoms with Gasteiger partial charge < -0.3 is 30.0 Å². The van der Waals surface area contributed by atoms with Crippen molar-refractivity contribution in [3.63, 3.8) is 0 Å². The lowest BCUT2D eigenvalue weighted by Gasteiger charge is -2.15. The quantitative estimate of drug-likeness (QED) is 0.351. The second-order valence-corrected chi connectivity index (χ2v) is 8.77. The summed E-state index contributed by atoms with van der Waals surface area (Å²) >= 11 is 0. The molecule has 0 radical (unpaired) electrons. The smallest absolute Gasteiger partial charge is 0.490 e. The number of rotatable bonds is 8. The predicted molar refractivity (Wildman–Crippen MR) is 137 cm³/mol. The van der Waals surface area contributed by atoms with E-state index in [0.29, 0.717) is 12.6 Å². The van der Waals surface area contributed by atoms with Gasteiger partial charge in [-0.3, -0.25) is 4.90 Å². The van der Waals surface area contributed by atoms with Gasteiger partial charge in [-0.05, 0) is 69.3 Å². The van der Waals surface area contributed by atoms with Gasteiger partial charge in [0.15, 0.2) is 11.5 Å². The van der Waals surface area contributed by atoms with Crippen LogP contribution in [0.1, 0.15) is 18.4 Å². The number of nitrogens with one attached hydrogen (secondary N) is 2. The third-order valence-electron chi connectivity index (χ3n) is 5.83. The Morgan fingerprint density at radius 1 is 1.05 bits per heavy atom. The molecule has 10 nitrogen and oxygen atoms in total. The Morgan fingerprint density at radius 2 is 1.72 bits per heavy atom. The number of benzene rings is 2. The molecule has 2 aromatic carbocycles. The number of carbonyl (C=O) groups is 1. The summed E-state index contributed by atoms with van der Waals surface area (Å²) in [6, 6.07) is 13.6. The van der Waals surface area contributed by atoms with Crippen LogP contribution in [0.15, 0.2) is 48.7 Å². The average molecular weight is 548 g/mol. The number of hydrogen-bond donors (Lipinski definition) is 3. The largest absolute Gasteiger partial charge is 0.492 e. The van der Waals surface area contributed by atoms with Crippen LogP contribution in [0.25, 0.3) is 0 Å². The maximum absolute atomic E-state index is 10.6. The van der Waals surface area contributed by atoms with Crippen LogP contribution in [0.2, 0.25) is 0 Å². The minimum Gasteiger partial charge on any atom is -0.492 e. The molecule has 3 aromatic rings. The Morgan fingerprint density at radius 3 is 2.41 bits per heavy atom. The molecular weight excluding hydrogens is 519 g/mol. The normalized spacial score (nSPS) is 14.4. The van der Waals surface area contributed by atoms with Crippen LogP contribution in [0.4, 0.5) is 36.3 Å². The van der Waals surface area contributed by atoms with Crippen LogP contribution in [0.5, 0.6) is 17.2 Å². The van der Waals surface area contributed by atoms with E-state index in [-0.39, 0.29) is 6.79 Å². The van der Waals surface area contributed by atoms with Gasteiger partial charge >= 0.3 is 12.1 Å². The SMILES string of the molecule is Cc1cnc(Nc2ccc(OCCN3CCCC3)cc2)nc1Nc1ccc2c(c1)OCO2.O=C(O)C(F)(F)F. The second-order valence-electron chi connectivity index (χ2n) is 8.77. The van der Waals surface area contributed by atoms with Gasteiger partial charge in [-0.2, -0.15) is 18.2 Å². The van der Waals surface area contributed by atoms with Crippen molar-refractivity contribution in [3.8, 4) is 17.2 Å². The monoisotopic (exact) mass is 547 g/mol. The van der Waals surface area contributed by atoms with Gasteiger partial charge in [0.05, 0.1) is 0 Å². The lowest BCUT2D eigenvalue weighted by atomic mass is 10.2. The zero-order chi connectivity index (χ0) is 27.8. The molecule has 2 aliphatic heterocycles. The lowest BCUT2D eigenvalue weighted by Crippen LogP contribution is -2.25. The van der Waals surface area contributed by atoms with Gasteiger partial charge in [-0.1, -0.05) is 0 Å². The molecule has 0 saturated carbocycles. The third-order valence-corrected chi connectivity index (χ3v) is 5.83. The van der Waals surface area contributed by atoms with Gasteiger partial charge in [-0.25, -0.2) is 9.78 Å². The number of ether oxygens (including phenoxy) is 3. The number of aromatic nitrogens is 2. The highest BCUT2D eigenvalue weighted by atomic mass is 19.4. The Kier molecular flexibility index (Phi) is 8.92. The molecule has 2 aliphatic rings. The average Bonchev–Trinajstić information content (AvgIpc) is 3.59. The standard InChI is InChI=1S/C24H27N5O3.C2HF3O2/c1-17-15-25-24(28-23(17)26-19-6-9-21-22(14-19)32-16-31-21)27-18-4-7-20(8-5-18)30-13-12-29-10-2-3-11-29;3-2(4,5)1(6)7/h4-9,14-15H,2-3,10-13,16H2,1H3,(H2,25,26,27,28);(H,6,7). The number of alkyl halides is 3. The molecular formula is C26H28F3N5O5. The van der Waals surface area contributed by atoms with Crippen LogP contribution in [0.3, 0.4) is 0 Å². The fourth-order valence-electron chi connectivity index (χ4n) is 3.80. The zero-order valence-corrected chi connectivity index (χ0v) is 21.1. The van der Waals surface area contributed by atoms with E-state index in [2.05, 4.69) is 25.5 Å². The molecule has 0 spiro atoms. The Bertz CT molecular complexity index is 1270. The number of fused-ring (bicyclic) bond motifs is 1. The van der Waals surface area contributed by atoms with Crippen molar-refractivity contribution in [3.05, 3.63) is 54.2 Å². The predicted octanol–water partition coefficient (Wildman–Crippen LogP) is 5.11. The Labute approximate surface area is 222 Å². The summed E-state index contributed by atoms with van der Waals surface area (Å²) in [7, 11) is 0. The van der Waals surface area contributed by atoms with E-state index in [1.165, 1.54) is 25.9 Å². The zero-order valence-electron chi connectivity index (χ0n) is 21.1. The molecule has 0 aliphatic carbocycles. The summed E-state index contributed by atoms with van der Waals surface area (Å²) < 4.78 is 48.4. The molecule has 0 bridgehead atoms. The van der Waals surface area contributed by atoms with Gasteiger partial charge in [0.25, 0.3) is 0 Å². The molecule has 0 unspecified atom stereocenters. The summed E-state index contributed by atoms with van der Waals surface area (Å²) in [6.07, 6.45) is -0.689. The van der Waals surface area contributed by atoms with Crippen LogP contribution >= 0.6 is 0 Å². The van der Waals surface area contributed by atoms with E-state index in [1.807, 2.05) is 49.4 Å². The molecule has 3 heterocycles. The van der Waals surface area contributed by atoms with Crippen molar-refractivity contribution in [2.75, 3.05) is 43.7 Å². The summed E-state index contributed by atoms with van der Waals surface area (Å²) in [4.78, 5) is 20.4. The maximum Gasteiger partial charge on any atom is 0.490 e. The molecule has 0 atom stereocenters. The van der Waals surface area contributed by atoms with Crippen molar-refractivity contribution >= 4 is 29.1 Å². The molecule has 13 heteroatoms. The van der Waals surface area contributed by atoms with E-state index in [0.717, 1.165) is 46.5 Å². The molecule has 1 fully saturated rings. The van der Waals surface area contributed by atoms with Crippen molar-refractivity contribution in [2.24, 2.45) is 0 Å². The number of aliphatic carboxylic acids is 1. The van der Waals surface area contributed by atoms with E-state index < -0.39 is 12.1 Å². The van der Waals surface area contributed by atoms with Crippen LogP contribution in [0, 0.1) is 6.92 Å².